The molecule has 0 unspecified atom stereocenters. The zero-order valence-electron chi connectivity index (χ0n) is 12.1. The van der Waals surface area contributed by atoms with Gasteiger partial charge in [-0.1, -0.05) is 55.1 Å². The van der Waals surface area contributed by atoms with Crippen molar-refractivity contribution in [3.63, 3.8) is 0 Å². The summed E-state index contributed by atoms with van der Waals surface area (Å²) in [4.78, 5) is 0. The van der Waals surface area contributed by atoms with Crippen LogP contribution in [0.1, 0.15) is 25.0 Å². The van der Waals surface area contributed by atoms with Crippen molar-refractivity contribution in [3.05, 3.63) is 35.4 Å². The molecule has 2 rings (SSSR count). The molecule has 0 saturated heterocycles. The number of benzene rings is 1. The van der Waals surface area contributed by atoms with Gasteiger partial charge in [-0.2, -0.15) is 13.2 Å². The molecule has 0 aliphatic rings. The molecule has 1 aromatic carbocycles. The molecule has 1 aromatic heterocycles. The number of alkyl halides is 3. The molecule has 2 aromatic rings. The van der Waals surface area contributed by atoms with E-state index in [1.807, 2.05) is 0 Å². The number of nitrogens with one attached hydrogen (secondary N) is 1. The fraction of sp³-hybridized carbons (Fsp3) is 0.429. The number of nitrogens with zero attached hydrogens (tertiary/aromatic N) is 2. The first-order valence-electron chi connectivity index (χ1n) is 6.71. The van der Waals surface area contributed by atoms with Crippen molar-refractivity contribution in [3.8, 4) is 0 Å². The molecule has 8 heteroatoms. The first-order valence-corrected chi connectivity index (χ1v) is 8.51. The molecule has 0 atom stereocenters. The lowest BCUT2D eigenvalue weighted by atomic mass is 10.1. The van der Waals surface area contributed by atoms with E-state index in [-0.39, 0.29) is 0 Å². The van der Waals surface area contributed by atoms with Gasteiger partial charge in [-0.15, -0.1) is 10.2 Å². The van der Waals surface area contributed by atoms with Crippen molar-refractivity contribution in [2.24, 2.45) is 5.92 Å². The second-order valence-electron chi connectivity index (χ2n) is 5.13. The third-order valence-corrected chi connectivity index (χ3v) is 4.77. The Labute approximate surface area is 135 Å². The van der Waals surface area contributed by atoms with Crippen molar-refractivity contribution in [1.82, 2.24) is 10.2 Å². The molecule has 0 saturated carbocycles. The molecule has 0 amide bonds. The first-order chi connectivity index (χ1) is 10.3. The summed E-state index contributed by atoms with van der Waals surface area (Å²) in [7, 11) is 0. The van der Waals surface area contributed by atoms with E-state index in [0.717, 1.165) is 22.1 Å². The van der Waals surface area contributed by atoms with Gasteiger partial charge in [0.05, 0.1) is 5.56 Å². The molecule has 120 valence electrons. The third kappa shape index (κ3) is 5.17. The second-order valence-corrected chi connectivity index (χ2v) is 7.33. The fourth-order valence-electron chi connectivity index (χ4n) is 1.61. The van der Waals surface area contributed by atoms with Crippen LogP contribution in [0.4, 0.5) is 18.3 Å². The highest BCUT2D eigenvalue weighted by atomic mass is 32.2. The third-order valence-electron chi connectivity index (χ3n) is 2.68. The minimum atomic E-state index is -4.31. The predicted molar refractivity (Wildman–Crippen MR) is 84.2 cm³/mol. The highest BCUT2D eigenvalue weighted by molar-refractivity contribution is 8.00. The van der Waals surface area contributed by atoms with Gasteiger partial charge in [-0.3, -0.25) is 0 Å². The van der Waals surface area contributed by atoms with Crippen molar-refractivity contribution < 1.29 is 13.2 Å². The van der Waals surface area contributed by atoms with E-state index in [1.165, 1.54) is 35.2 Å². The molecule has 1 heterocycles. The zero-order valence-corrected chi connectivity index (χ0v) is 13.8. The van der Waals surface area contributed by atoms with E-state index in [1.54, 1.807) is 6.07 Å². The maximum Gasteiger partial charge on any atom is 0.416 e. The van der Waals surface area contributed by atoms with E-state index in [9.17, 15) is 13.2 Å². The summed E-state index contributed by atoms with van der Waals surface area (Å²) < 4.78 is 38.7. The lowest BCUT2D eigenvalue weighted by molar-refractivity contribution is -0.137. The molecule has 0 fully saturated rings. The average Bonchev–Trinajstić information content (AvgIpc) is 2.90. The Kier molecular flexibility index (Phi) is 5.69. The first kappa shape index (κ1) is 17.1. The standard InChI is InChI=1S/C14H16F3N3S2/c1-9(2)7-18-12-19-20-13(22-12)21-8-10-4-3-5-11(6-10)14(15,16)17/h3-6,9H,7-8H2,1-2H3,(H,18,19). The SMILES string of the molecule is CC(C)CNc1nnc(SCc2cccc(C(F)(F)F)c2)s1. The van der Waals surface area contributed by atoms with Crippen LogP contribution in [0.25, 0.3) is 0 Å². The van der Waals surface area contributed by atoms with Gasteiger partial charge in [0.15, 0.2) is 4.34 Å². The van der Waals surface area contributed by atoms with Gasteiger partial charge in [0.2, 0.25) is 5.13 Å². The second kappa shape index (κ2) is 7.32. The highest BCUT2D eigenvalue weighted by Crippen LogP contribution is 2.32. The van der Waals surface area contributed by atoms with Gasteiger partial charge in [-0.25, -0.2) is 0 Å². The number of aromatic nitrogens is 2. The lowest BCUT2D eigenvalue weighted by Crippen LogP contribution is -2.07. The average molecular weight is 347 g/mol. The number of halogens is 3. The maximum absolute atomic E-state index is 12.6. The molecule has 22 heavy (non-hydrogen) atoms. The number of rotatable bonds is 6. The van der Waals surface area contributed by atoms with Crippen LogP contribution in [0.15, 0.2) is 28.6 Å². The van der Waals surface area contributed by atoms with Gasteiger partial charge < -0.3 is 5.32 Å². The van der Waals surface area contributed by atoms with Gasteiger partial charge in [0.25, 0.3) is 0 Å². The Morgan fingerprint density at radius 2 is 2.05 bits per heavy atom. The van der Waals surface area contributed by atoms with Crippen LogP contribution in [-0.4, -0.2) is 16.7 Å². The van der Waals surface area contributed by atoms with Crippen LogP contribution in [0, 0.1) is 5.92 Å². The smallest absolute Gasteiger partial charge is 0.360 e. The molecule has 0 aliphatic carbocycles. The highest BCUT2D eigenvalue weighted by Gasteiger charge is 2.30. The summed E-state index contributed by atoms with van der Waals surface area (Å²) in [6.45, 7) is 5.00. The molecule has 3 nitrogen and oxygen atoms in total. The lowest BCUT2D eigenvalue weighted by Gasteiger charge is -2.07. The molecular formula is C14H16F3N3S2. The molecule has 0 radical (unpaired) electrons. The molecular weight excluding hydrogens is 331 g/mol. The van der Waals surface area contributed by atoms with Crippen LogP contribution in [-0.2, 0) is 11.9 Å². The van der Waals surface area contributed by atoms with Crippen LogP contribution in [0.5, 0.6) is 0 Å². The summed E-state index contributed by atoms with van der Waals surface area (Å²) in [6.07, 6.45) is -4.31. The van der Waals surface area contributed by atoms with Crippen molar-refractivity contribution in [1.29, 1.82) is 0 Å². The van der Waals surface area contributed by atoms with Gasteiger partial charge in [0.1, 0.15) is 0 Å². The Hall–Kier alpha value is -1.28. The minimum Gasteiger partial charge on any atom is -0.360 e. The summed E-state index contributed by atoms with van der Waals surface area (Å²) in [5, 5.41) is 12.0. The van der Waals surface area contributed by atoms with E-state index < -0.39 is 11.7 Å². The van der Waals surface area contributed by atoms with E-state index >= 15 is 0 Å². The van der Waals surface area contributed by atoms with Gasteiger partial charge in [0, 0.05) is 12.3 Å². The summed E-state index contributed by atoms with van der Waals surface area (Å²) in [5.41, 5.74) is -0.00568. The van der Waals surface area contributed by atoms with E-state index in [2.05, 4.69) is 29.4 Å². The Morgan fingerprint density at radius 1 is 1.27 bits per heavy atom. The monoisotopic (exact) mass is 347 g/mol. The number of hydrogen-bond acceptors (Lipinski definition) is 5. The molecule has 0 bridgehead atoms. The summed E-state index contributed by atoms with van der Waals surface area (Å²) in [6, 6.07) is 5.36. The Balaban J connectivity index is 1.93. The zero-order chi connectivity index (χ0) is 16.2. The summed E-state index contributed by atoms with van der Waals surface area (Å²) in [5.74, 6) is 0.938. The van der Waals surface area contributed by atoms with E-state index in [0.29, 0.717) is 17.2 Å². The normalized spacial score (nSPS) is 11.9. The predicted octanol–water partition coefficient (Wildman–Crippen LogP) is 4.92. The number of hydrogen-bond donors (Lipinski definition) is 1. The maximum atomic E-state index is 12.6. The fourth-order valence-corrected chi connectivity index (χ4v) is 3.32. The van der Waals surface area contributed by atoms with Crippen LogP contribution in [0.2, 0.25) is 0 Å². The minimum absolute atomic E-state index is 0.433. The van der Waals surface area contributed by atoms with Crippen molar-refractivity contribution in [2.75, 3.05) is 11.9 Å². The summed E-state index contributed by atoms with van der Waals surface area (Å²) >= 11 is 2.80. The van der Waals surface area contributed by atoms with Gasteiger partial charge in [-0.05, 0) is 17.5 Å². The van der Waals surface area contributed by atoms with Crippen LogP contribution in [0.3, 0.4) is 0 Å². The number of thioether (sulfide) groups is 1. The van der Waals surface area contributed by atoms with Crippen molar-refractivity contribution in [2.45, 2.75) is 30.1 Å². The molecule has 0 spiro atoms. The quantitative estimate of drug-likeness (QED) is 0.753. The van der Waals surface area contributed by atoms with E-state index in [4.69, 9.17) is 0 Å². The van der Waals surface area contributed by atoms with Crippen molar-refractivity contribution >= 4 is 28.2 Å². The Morgan fingerprint density at radius 3 is 2.73 bits per heavy atom. The molecule has 1 N–H and O–H groups in total. The topological polar surface area (TPSA) is 37.8 Å². The molecule has 0 aliphatic heterocycles. The van der Waals surface area contributed by atoms with Crippen LogP contribution >= 0.6 is 23.1 Å². The van der Waals surface area contributed by atoms with Crippen LogP contribution < -0.4 is 5.32 Å². The Bertz CT molecular complexity index is 611. The number of anilines is 1. The van der Waals surface area contributed by atoms with Gasteiger partial charge >= 0.3 is 6.18 Å². The largest absolute Gasteiger partial charge is 0.416 e.